The molecule has 1 aromatic rings. The van der Waals surface area contributed by atoms with Gasteiger partial charge in [0.05, 0.1) is 10.7 Å². The molecule has 0 bridgehead atoms. The van der Waals surface area contributed by atoms with E-state index < -0.39 is 17.5 Å². The van der Waals surface area contributed by atoms with Crippen LogP contribution in [0.1, 0.15) is 45.6 Å². The minimum absolute atomic E-state index is 0.0473. The second-order valence-electron chi connectivity index (χ2n) is 8.79. The summed E-state index contributed by atoms with van der Waals surface area (Å²) in [4.78, 5) is 39.0. The largest absolute Gasteiger partial charge is 0.325 e. The minimum atomic E-state index is -0.903. The molecule has 4 amide bonds. The van der Waals surface area contributed by atoms with Gasteiger partial charge >= 0.3 is 6.03 Å². The van der Waals surface area contributed by atoms with E-state index in [1.54, 1.807) is 12.1 Å². The van der Waals surface area contributed by atoms with Crippen molar-refractivity contribution < 1.29 is 14.4 Å². The zero-order valence-electron chi connectivity index (χ0n) is 16.2. The number of hydrogen-bond acceptors (Lipinski definition) is 3. The Morgan fingerprint density at radius 3 is 2.67 bits per heavy atom. The summed E-state index contributed by atoms with van der Waals surface area (Å²) < 4.78 is 0. The number of carbonyl (C=O) groups excluding carboxylic acids is 3. The number of nitrogens with one attached hydrogen (secondary N) is 2. The normalized spacial score (nSPS) is 27.0. The maximum absolute atomic E-state index is 13.1. The molecule has 2 aliphatic rings. The molecule has 2 unspecified atom stereocenters. The van der Waals surface area contributed by atoms with Crippen molar-refractivity contribution in [3.8, 4) is 0 Å². The molecule has 2 fully saturated rings. The Morgan fingerprint density at radius 2 is 2.04 bits per heavy atom. The molecule has 0 radical (unpaired) electrons. The number of halogens is 1. The van der Waals surface area contributed by atoms with Gasteiger partial charge < -0.3 is 10.6 Å². The maximum atomic E-state index is 13.1. The van der Waals surface area contributed by atoms with Gasteiger partial charge in [0.15, 0.2) is 0 Å². The van der Waals surface area contributed by atoms with Crippen LogP contribution in [0.2, 0.25) is 5.02 Å². The quantitative estimate of drug-likeness (QED) is 0.770. The zero-order valence-corrected chi connectivity index (χ0v) is 16.9. The number of benzene rings is 1. The number of hydrogen-bond donors (Lipinski definition) is 2. The van der Waals surface area contributed by atoms with Gasteiger partial charge in [-0.3, -0.25) is 14.5 Å². The molecule has 0 aromatic heterocycles. The van der Waals surface area contributed by atoms with E-state index in [4.69, 9.17) is 11.6 Å². The van der Waals surface area contributed by atoms with Crippen LogP contribution in [0.4, 0.5) is 10.5 Å². The number of amides is 4. The number of nitrogens with zero attached hydrogens (tertiary/aromatic N) is 1. The van der Waals surface area contributed by atoms with Gasteiger partial charge in [0.1, 0.15) is 12.1 Å². The highest BCUT2D eigenvalue weighted by Crippen LogP contribution is 2.46. The summed E-state index contributed by atoms with van der Waals surface area (Å²) in [5.74, 6) is -0.445. The molecular formula is C20H26ClN3O3. The zero-order chi connectivity index (χ0) is 20.0. The number of imide groups is 1. The van der Waals surface area contributed by atoms with Crippen LogP contribution in [0.3, 0.4) is 0 Å². The standard InChI is InChI=1S/C20H26ClN3O3/c1-12-5-6-15(14(21)7-12)22-16(25)10-24-17(26)20(23-18(24)27)9-13(2)8-19(3,4)11-20/h5-7,13H,8-11H2,1-4H3,(H,22,25)(H,23,27). The molecule has 1 aliphatic carbocycles. The predicted octanol–water partition coefficient (Wildman–Crippen LogP) is 3.72. The highest BCUT2D eigenvalue weighted by atomic mass is 35.5. The third-order valence-electron chi connectivity index (χ3n) is 5.32. The molecule has 1 aromatic carbocycles. The third-order valence-corrected chi connectivity index (χ3v) is 5.64. The van der Waals surface area contributed by atoms with Crippen molar-refractivity contribution in [1.82, 2.24) is 10.2 Å². The molecule has 2 N–H and O–H groups in total. The third kappa shape index (κ3) is 3.95. The fourth-order valence-corrected chi connectivity index (χ4v) is 4.99. The summed E-state index contributed by atoms with van der Waals surface area (Å²) >= 11 is 6.14. The van der Waals surface area contributed by atoms with Crippen molar-refractivity contribution in [3.05, 3.63) is 28.8 Å². The van der Waals surface area contributed by atoms with Gasteiger partial charge in [0.2, 0.25) is 5.91 Å². The smallest absolute Gasteiger partial charge is 0.323 e. The molecule has 146 valence electrons. The molecule has 1 heterocycles. The van der Waals surface area contributed by atoms with Crippen LogP contribution in [0.15, 0.2) is 18.2 Å². The van der Waals surface area contributed by atoms with Crippen LogP contribution in [-0.2, 0) is 9.59 Å². The molecule has 27 heavy (non-hydrogen) atoms. The summed E-state index contributed by atoms with van der Waals surface area (Å²) in [6.45, 7) is 7.89. The van der Waals surface area contributed by atoms with E-state index in [9.17, 15) is 14.4 Å². The summed E-state index contributed by atoms with van der Waals surface area (Å²) in [6, 6.07) is 4.77. The Bertz CT molecular complexity index is 808. The first kappa shape index (κ1) is 19.7. The lowest BCUT2D eigenvalue weighted by molar-refractivity contribution is -0.136. The van der Waals surface area contributed by atoms with E-state index in [1.165, 1.54) is 0 Å². The van der Waals surface area contributed by atoms with Crippen LogP contribution in [0, 0.1) is 18.3 Å². The molecule has 6 nitrogen and oxygen atoms in total. The first-order valence-electron chi connectivity index (χ1n) is 9.21. The van der Waals surface area contributed by atoms with Gasteiger partial charge in [0.25, 0.3) is 5.91 Å². The SMILES string of the molecule is Cc1ccc(NC(=O)CN2C(=O)NC3(CC(C)CC(C)(C)C3)C2=O)c(Cl)c1. The monoisotopic (exact) mass is 391 g/mol. The van der Waals surface area contributed by atoms with E-state index in [-0.39, 0.29) is 17.9 Å². The van der Waals surface area contributed by atoms with Crippen LogP contribution in [-0.4, -0.2) is 34.8 Å². The van der Waals surface area contributed by atoms with Crippen molar-refractivity contribution in [2.75, 3.05) is 11.9 Å². The van der Waals surface area contributed by atoms with Gasteiger partial charge in [-0.15, -0.1) is 0 Å². The second-order valence-corrected chi connectivity index (χ2v) is 9.20. The van der Waals surface area contributed by atoms with Crippen LogP contribution in [0.25, 0.3) is 0 Å². The summed E-state index contributed by atoms with van der Waals surface area (Å²) in [5, 5.41) is 5.97. The van der Waals surface area contributed by atoms with E-state index in [2.05, 4.69) is 31.4 Å². The summed E-state index contributed by atoms with van der Waals surface area (Å²) in [6.07, 6.45) is 2.18. The molecule has 3 rings (SSSR count). The maximum Gasteiger partial charge on any atom is 0.325 e. The molecule has 7 heteroatoms. The van der Waals surface area contributed by atoms with Gasteiger partial charge in [0, 0.05) is 0 Å². The predicted molar refractivity (Wildman–Crippen MR) is 105 cm³/mol. The van der Waals surface area contributed by atoms with Gasteiger partial charge in [-0.2, -0.15) is 0 Å². The average Bonchev–Trinajstić information content (AvgIpc) is 2.72. The Labute approximate surface area is 164 Å². The topological polar surface area (TPSA) is 78.5 Å². The Hall–Kier alpha value is -2.08. The minimum Gasteiger partial charge on any atom is -0.323 e. The number of rotatable bonds is 3. The molecule has 1 saturated carbocycles. The van der Waals surface area contributed by atoms with E-state index in [0.29, 0.717) is 29.5 Å². The van der Waals surface area contributed by atoms with Crippen LogP contribution >= 0.6 is 11.6 Å². The number of urea groups is 1. The number of anilines is 1. The van der Waals surface area contributed by atoms with Gasteiger partial charge in [-0.1, -0.05) is 38.4 Å². The number of carbonyl (C=O) groups is 3. The van der Waals surface area contributed by atoms with Crippen molar-refractivity contribution in [3.63, 3.8) is 0 Å². The lowest BCUT2D eigenvalue weighted by Crippen LogP contribution is -2.54. The molecule has 1 saturated heterocycles. The van der Waals surface area contributed by atoms with E-state index in [0.717, 1.165) is 16.9 Å². The lowest BCUT2D eigenvalue weighted by Gasteiger charge is -2.43. The van der Waals surface area contributed by atoms with E-state index in [1.807, 2.05) is 13.0 Å². The molecule has 1 spiro atoms. The van der Waals surface area contributed by atoms with Crippen LogP contribution < -0.4 is 10.6 Å². The van der Waals surface area contributed by atoms with Gasteiger partial charge in [-0.25, -0.2) is 4.79 Å². The first-order chi connectivity index (χ1) is 12.5. The Balaban J connectivity index is 1.73. The van der Waals surface area contributed by atoms with Crippen molar-refractivity contribution in [2.24, 2.45) is 11.3 Å². The highest BCUT2D eigenvalue weighted by molar-refractivity contribution is 6.33. The van der Waals surface area contributed by atoms with Crippen molar-refractivity contribution in [1.29, 1.82) is 0 Å². The van der Waals surface area contributed by atoms with Crippen molar-refractivity contribution in [2.45, 2.75) is 52.5 Å². The molecule has 1 aliphatic heterocycles. The fourth-order valence-electron chi connectivity index (χ4n) is 4.70. The molecular weight excluding hydrogens is 366 g/mol. The first-order valence-corrected chi connectivity index (χ1v) is 9.59. The van der Waals surface area contributed by atoms with Crippen molar-refractivity contribution >= 4 is 35.1 Å². The lowest BCUT2D eigenvalue weighted by atomic mass is 9.64. The van der Waals surface area contributed by atoms with Crippen LogP contribution in [0.5, 0.6) is 0 Å². The fraction of sp³-hybridized carbons (Fsp3) is 0.550. The number of aryl methyl sites for hydroxylation is 1. The summed E-state index contributed by atoms with van der Waals surface area (Å²) in [5.41, 5.74) is 0.485. The molecule has 2 atom stereocenters. The Kier molecular flexibility index (Phi) is 4.97. The average molecular weight is 392 g/mol. The Morgan fingerprint density at radius 1 is 1.33 bits per heavy atom. The van der Waals surface area contributed by atoms with E-state index >= 15 is 0 Å². The summed E-state index contributed by atoms with van der Waals surface area (Å²) in [7, 11) is 0. The highest BCUT2D eigenvalue weighted by Gasteiger charge is 2.56. The second kappa shape index (κ2) is 6.82. The van der Waals surface area contributed by atoms with Gasteiger partial charge in [-0.05, 0) is 55.2 Å².